The summed E-state index contributed by atoms with van der Waals surface area (Å²) >= 11 is 1.68. The van der Waals surface area contributed by atoms with Gasteiger partial charge in [-0.1, -0.05) is 6.42 Å². The zero-order chi connectivity index (χ0) is 18.1. The molecule has 4 rings (SSSR count). The zero-order valence-corrected chi connectivity index (χ0v) is 15.7. The number of aliphatic carboxylic acids is 1. The van der Waals surface area contributed by atoms with Gasteiger partial charge in [0.15, 0.2) is 5.82 Å². The number of aromatic nitrogens is 3. The van der Waals surface area contributed by atoms with Crippen LogP contribution in [-0.4, -0.2) is 55.1 Å². The number of fused-ring (bicyclic) bond motifs is 3. The molecule has 2 heterocycles. The Morgan fingerprint density at radius 1 is 1.46 bits per heavy atom. The van der Waals surface area contributed by atoms with Crippen LogP contribution in [0.25, 0.3) is 11.0 Å². The summed E-state index contributed by atoms with van der Waals surface area (Å²) in [6.07, 6.45) is 10.7. The molecule has 2 aliphatic carbocycles. The molecule has 0 amide bonds. The summed E-state index contributed by atoms with van der Waals surface area (Å²) in [5, 5.41) is 12.8. The normalized spacial score (nSPS) is 25.8. The highest BCUT2D eigenvalue weighted by molar-refractivity contribution is 7.98. The first kappa shape index (κ1) is 17.6. The minimum absolute atomic E-state index is 0.251. The molecule has 3 N–H and O–H groups in total. The van der Waals surface area contributed by atoms with Gasteiger partial charge in [-0.15, -0.1) is 0 Å². The minimum atomic E-state index is -0.770. The number of rotatable bonds is 8. The molecule has 3 unspecified atom stereocenters. The van der Waals surface area contributed by atoms with Crippen molar-refractivity contribution in [3.05, 3.63) is 18.6 Å². The molecule has 7 nitrogen and oxygen atoms in total. The lowest BCUT2D eigenvalue weighted by atomic mass is 9.93. The molecule has 2 fully saturated rings. The molecule has 140 valence electrons. The van der Waals surface area contributed by atoms with Crippen LogP contribution in [0.3, 0.4) is 0 Å². The van der Waals surface area contributed by atoms with E-state index in [0.29, 0.717) is 18.2 Å². The van der Waals surface area contributed by atoms with Crippen molar-refractivity contribution in [3.63, 3.8) is 0 Å². The maximum atomic E-state index is 12.1. The van der Waals surface area contributed by atoms with E-state index in [4.69, 9.17) is 0 Å². The molecule has 0 aliphatic heterocycles. The van der Waals surface area contributed by atoms with E-state index in [1.165, 1.54) is 25.6 Å². The number of hydrogen-bond donors (Lipinski definition) is 3. The molecule has 0 saturated heterocycles. The van der Waals surface area contributed by atoms with Crippen LogP contribution in [0.1, 0.15) is 32.1 Å². The summed E-state index contributed by atoms with van der Waals surface area (Å²) in [7, 11) is 0. The second kappa shape index (κ2) is 7.44. The molecule has 8 heteroatoms. The average molecular weight is 375 g/mol. The Morgan fingerprint density at radius 3 is 3.04 bits per heavy atom. The highest BCUT2D eigenvalue weighted by Gasteiger charge is 2.45. The number of carbonyl (C=O) groups is 1. The highest BCUT2D eigenvalue weighted by atomic mass is 32.2. The molecule has 0 radical (unpaired) electrons. The first-order valence-corrected chi connectivity index (χ1v) is 10.6. The van der Waals surface area contributed by atoms with Crippen LogP contribution in [0.4, 0.5) is 5.82 Å². The van der Waals surface area contributed by atoms with Crippen LogP contribution < -0.4 is 5.43 Å². The van der Waals surface area contributed by atoms with Crippen molar-refractivity contribution in [2.45, 2.75) is 44.2 Å². The molecule has 2 aromatic rings. The fourth-order valence-corrected chi connectivity index (χ4v) is 5.10. The summed E-state index contributed by atoms with van der Waals surface area (Å²) in [4.78, 5) is 23.8. The number of carboxylic acid groups (broad SMARTS) is 1. The maximum absolute atomic E-state index is 12.1. The maximum Gasteiger partial charge on any atom is 0.322 e. The van der Waals surface area contributed by atoms with E-state index in [-0.39, 0.29) is 6.04 Å². The summed E-state index contributed by atoms with van der Waals surface area (Å²) in [6, 6.07) is 1.62. The summed E-state index contributed by atoms with van der Waals surface area (Å²) in [5.74, 6) is 2.04. The van der Waals surface area contributed by atoms with Gasteiger partial charge in [-0.2, -0.15) is 11.8 Å². The first-order chi connectivity index (χ1) is 12.7. The molecule has 2 bridgehead atoms. The van der Waals surface area contributed by atoms with Gasteiger partial charge in [0, 0.05) is 12.2 Å². The van der Waals surface area contributed by atoms with Crippen molar-refractivity contribution in [1.82, 2.24) is 20.0 Å². The van der Waals surface area contributed by atoms with Crippen molar-refractivity contribution < 1.29 is 9.90 Å². The van der Waals surface area contributed by atoms with Crippen molar-refractivity contribution in [1.29, 1.82) is 0 Å². The predicted molar refractivity (Wildman–Crippen MR) is 103 cm³/mol. The van der Waals surface area contributed by atoms with Crippen molar-refractivity contribution in [2.24, 2.45) is 11.8 Å². The van der Waals surface area contributed by atoms with Crippen LogP contribution in [0, 0.1) is 11.8 Å². The molecule has 0 spiro atoms. The molecule has 4 atom stereocenters. The Labute approximate surface area is 156 Å². The fraction of sp³-hybridized carbons (Fsp3) is 0.611. The van der Waals surface area contributed by atoms with E-state index in [0.717, 1.165) is 29.1 Å². The number of hydrazine groups is 1. The highest BCUT2D eigenvalue weighted by Crippen LogP contribution is 2.47. The molecular weight excluding hydrogens is 350 g/mol. The Hall–Kier alpha value is -1.80. The molecule has 2 aliphatic rings. The lowest BCUT2D eigenvalue weighted by Gasteiger charge is -2.38. The van der Waals surface area contributed by atoms with Gasteiger partial charge < -0.3 is 15.5 Å². The number of H-pyrrole nitrogens is 1. The van der Waals surface area contributed by atoms with Crippen LogP contribution >= 0.6 is 11.8 Å². The second-order valence-corrected chi connectivity index (χ2v) is 8.34. The van der Waals surface area contributed by atoms with E-state index >= 15 is 0 Å². The third-order valence-electron chi connectivity index (χ3n) is 5.86. The number of anilines is 1. The molecule has 0 aromatic carbocycles. The van der Waals surface area contributed by atoms with Gasteiger partial charge >= 0.3 is 5.97 Å². The number of hydrogen-bond acceptors (Lipinski definition) is 6. The van der Waals surface area contributed by atoms with Crippen molar-refractivity contribution in [3.8, 4) is 0 Å². The van der Waals surface area contributed by atoms with Gasteiger partial charge in [-0.3, -0.25) is 4.79 Å². The first-order valence-electron chi connectivity index (χ1n) is 9.22. The van der Waals surface area contributed by atoms with Gasteiger partial charge in [0.05, 0.1) is 5.39 Å². The molecule has 2 aromatic heterocycles. The van der Waals surface area contributed by atoms with E-state index in [9.17, 15) is 9.90 Å². The van der Waals surface area contributed by atoms with Crippen LogP contribution in [0.15, 0.2) is 18.6 Å². The average Bonchev–Trinajstić information content (AvgIpc) is 3.37. The van der Waals surface area contributed by atoms with Crippen LogP contribution in [0.5, 0.6) is 0 Å². The van der Waals surface area contributed by atoms with Gasteiger partial charge in [0.1, 0.15) is 18.0 Å². The third kappa shape index (κ3) is 3.27. The smallest absolute Gasteiger partial charge is 0.322 e. The van der Waals surface area contributed by atoms with E-state index in [2.05, 4.69) is 20.4 Å². The SMILES string of the molecule is CSCC[C@@H](C(=O)O)N(Nc1ncnc2[nH]ccc12)C1CC2CCC1C2. The second-order valence-electron chi connectivity index (χ2n) is 7.36. The molecular formula is C18H25N5O2S. The zero-order valence-electron chi connectivity index (χ0n) is 14.9. The van der Waals surface area contributed by atoms with Crippen molar-refractivity contribution in [2.75, 3.05) is 17.4 Å². The number of nitrogens with one attached hydrogen (secondary N) is 2. The summed E-state index contributed by atoms with van der Waals surface area (Å²) in [5.41, 5.74) is 4.15. The topological polar surface area (TPSA) is 94.1 Å². The minimum Gasteiger partial charge on any atom is -0.480 e. The molecule has 2 saturated carbocycles. The summed E-state index contributed by atoms with van der Waals surface area (Å²) < 4.78 is 0. The van der Waals surface area contributed by atoms with E-state index < -0.39 is 12.0 Å². The monoisotopic (exact) mass is 375 g/mol. The van der Waals surface area contributed by atoms with E-state index in [1.54, 1.807) is 11.8 Å². The Balaban J connectivity index is 1.65. The Morgan fingerprint density at radius 2 is 2.35 bits per heavy atom. The third-order valence-corrected chi connectivity index (χ3v) is 6.51. The van der Waals surface area contributed by atoms with Gasteiger partial charge in [-0.05, 0) is 55.6 Å². The van der Waals surface area contributed by atoms with Crippen molar-refractivity contribution >= 4 is 34.6 Å². The Bertz CT molecular complexity index is 782. The number of carboxylic acids is 1. The van der Waals surface area contributed by atoms with Gasteiger partial charge in [0.25, 0.3) is 0 Å². The van der Waals surface area contributed by atoms with Crippen LogP contribution in [-0.2, 0) is 4.79 Å². The summed E-state index contributed by atoms with van der Waals surface area (Å²) in [6.45, 7) is 0. The fourth-order valence-electron chi connectivity index (χ4n) is 4.64. The number of nitrogens with zero attached hydrogens (tertiary/aromatic N) is 3. The standard InChI is InChI=1S/C18H25N5O2S/c1-26-7-5-14(18(24)25)23(15-9-11-2-3-12(15)8-11)22-17-13-4-6-19-16(13)20-10-21-17/h4,6,10-12,14-15H,2-3,5,7-9H2,1H3,(H,24,25)(H2,19,20,21,22)/t11?,12?,14-,15?/m0/s1. The predicted octanol–water partition coefficient (Wildman–Crippen LogP) is 2.98. The van der Waals surface area contributed by atoms with Crippen LogP contribution in [0.2, 0.25) is 0 Å². The van der Waals surface area contributed by atoms with Gasteiger partial charge in [-0.25, -0.2) is 15.0 Å². The number of aromatic amines is 1. The number of thioether (sulfide) groups is 1. The lowest BCUT2D eigenvalue weighted by Crippen LogP contribution is -2.52. The van der Waals surface area contributed by atoms with E-state index in [1.807, 2.05) is 23.5 Å². The largest absolute Gasteiger partial charge is 0.480 e. The lowest BCUT2D eigenvalue weighted by molar-refractivity contribution is -0.144. The molecule has 26 heavy (non-hydrogen) atoms. The Kier molecular flexibility index (Phi) is 5.04. The van der Waals surface area contributed by atoms with Gasteiger partial charge in [0.2, 0.25) is 0 Å². The quantitative estimate of drug-likeness (QED) is 0.611.